The minimum atomic E-state index is 1.03. The van der Waals surface area contributed by atoms with Crippen molar-refractivity contribution in [2.75, 3.05) is 0 Å². The molecule has 21 heavy (non-hydrogen) atoms. The van der Waals surface area contributed by atoms with Crippen molar-refractivity contribution in [3.63, 3.8) is 0 Å². The smallest absolute Gasteiger partial charge is 0.00135 e. The lowest BCUT2D eigenvalue weighted by Crippen LogP contribution is -1.87. The van der Waals surface area contributed by atoms with Crippen molar-refractivity contribution >= 4 is 11.6 Å². The van der Waals surface area contributed by atoms with Crippen molar-refractivity contribution in [2.45, 2.75) is 6.42 Å². The summed E-state index contributed by atoms with van der Waals surface area (Å²) in [5, 5.41) is 0. The molecule has 0 N–H and O–H groups in total. The maximum Gasteiger partial charge on any atom is -0.00135 e. The maximum absolute atomic E-state index is 2.33. The average Bonchev–Trinajstić information content (AvgIpc) is 2.99. The molecule has 1 aliphatic carbocycles. The zero-order valence-electron chi connectivity index (χ0n) is 11.8. The largest absolute Gasteiger partial charge is 0.0622 e. The standard InChI is InChI=1S/C21H16/c1-3-7-16(8-4-1)18-11-12-19-14-20(15-21(19)13-18)17-9-5-2-6-10-17/h1-14H,15H2. The highest BCUT2D eigenvalue weighted by Gasteiger charge is 2.14. The molecule has 0 radical (unpaired) electrons. The Morgan fingerprint density at radius 1 is 0.571 bits per heavy atom. The van der Waals surface area contributed by atoms with Gasteiger partial charge in [-0.2, -0.15) is 0 Å². The lowest BCUT2D eigenvalue weighted by atomic mass is 9.99. The van der Waals surface area contributed by atoms with E-state index in [9.17, 15) is 0 Å². The van der Waals surface area contributed by atoms with Crippen LogP contribution in [0, 0.1) is 0 Å². The van der Waals surface area contributed by atoms with Gasteiger partial charge < -0.3 is 0 Å². The van der Waals surface area contributed by atoms with Crippen molar-refractivity contribution in [1.29, 1.82) is 0 Å². The number of benzene rings is 3. The van der Waals surface area contributed by atoms with Crippen LogP contribution >= 0.6 is 0 Å². The highest BCUT2D eigenvalue weighted by molar-refractivity contribution is 5.89. The van der Waals surface area contributed by atoms with Gasteiger partial charge in [-0.3, -0.25) is 0 Å². The van der Waals surface area contributed by atoms with Gasteiger partial charge in [0.2, 0.25) is 0 Å². The van der Waals surface area contributed by atoms with Crippen molar-refractivity contribution in [2.24, 2.45) is 0 Å². The molecule has 3 aromatic carbocycles. The van der Waals surface area contributed by atoms with Gasteiger partial charge in [-0.15, -0.1) is 0 Å². The van der Waals surface area contributed by atoms with Crippen LogP contribution in [0.15, 0.2) is 78.9 Å². The Morgan fingerprint density at radius 3 is 1.95 bits per heavy atom. The Morgan fingerprint density at radius 2 is 1.24 bits per heavy atom. The zero-order chi connectivity index (χ0) is 14.1. The van der Waals surface area contributed by atoms with Crippen molar-refractivity contribution in [1.82, 2.24) is 0 Å². The summed E-state index contributed by atoms with van der Waals surface area (Å²) in [6, 6.07) is 28.0. The predicted octanol–water partition coefficient (Wildman–Crippen LogP) is 5.45. The Bertz CT molecular complexity index is 796. The van der Waals surface area contributed by atoms with E-state index in [1.54, 1.807) is 0 Å². The summed E-state index contributed by atoms with van der Waals surface area (Å²) in [7, 11) is 0. The van der Waals surface area contributed by atoms with Gasteiger partial charge in [0, 0.05) is 0 Å². The molecule has 3 aromatic rings. The molecule has 0 fully saturated rings. The Labute approximate surface area is 125 Å². The van der Waals surface area contributed by atoms with E-state index in [0.717, 1.165) is 6.42 Å². The molecule has 0 aromatic heterocycles. The summed E-state index contributed by atoms with van der Waals surface area (Å²) in [5.74, 6) is 0. The quantitative estimate of drug-likeness (QED) is 0.579. The highest BCUT2D eigenvalue weighted by Crippen LogP contribution is 2.34. The topological polar surface area (TPSA) is 0 Å². The molecular formula is C21H16. The van der Waals surface area contributed by atoms with E-state index in [2.05, 4.69) is 84.9 Å². The molecule has 0 amide bonds. The third kappa shape index (κ3) is 2.30. The third-order valence-electron chi connectivity index (χ3n) is 4.11. The highest BCUT2D eigenvalue weighted by atomic mass is 14.2. The number of hydrogen-bond donors (Lipinski definition) is 0. The van der Waals surface area contributed by atoms with Crippen LogP contribution in [0.1, 0.15) is 16.7 Å². The number of allylic oxidation sites excluding steroid dienone is 1. The van der Waals surface area contributed by atoms with Gasteiger partial charge in [-0.25, -0.2) is 0 Å². The Balaban J connectivity index is 1.69. The minimum absolute atomic E-state index is 1.03. The first-order chi connectivity index (χ1) is 10.4. The average molecular weight is 268 g/mol. The zero-order valence-corrected chi connectivity index (χ0v) is 11.8. The van der Waals surface area contributed by atoms with Crippen LogP contribution in [0.2, 0.25) is 0 Å². The van der Waals surface area contributed by atoms with Crippen LogP contribution in [-0.2, 0) is 6.42 Å². The molecule has 0 heteroatoms. The van der Waals surface area contributed by atoms with E-state index in [1.165, 1.54) is 33.4 Å². The van der Waals surface area contributed by atoms with E-state index >= 15 is 0 Å². The van der Waals surface area contributed by atoms with Crippen molar-refractivity contribution < 1.29 is 0 Å². The van der Waals surface area contributed by atoms with Gasteiger partial charge in [0.15, 0.2) is 0 Å². The second-order valence-electron chi connectivity index (χ2n) is 5.49. The van der Waals surface area contributed by atoms with E-state index < -0.39 is 0 Å². The molecule has 0 saturated carbocycles. The lowest BCUT2D eigenvalue weighted by molar-refractivity contribution is 1.32. The summed E-state index contributed by atoms with van der Waals surface area (Å²) in [4.78, 5) is 0. The molecule has 0 aliphatic heterocycles. The molecule has 0 nitrogen and oxygen atoms in total. The summed E-state index contributed by atoms with van der Waals surface area (Å²) >= 11 is 0. The fourth-order valence-electron chi connectivity index (χ4n) is 2.99. The van der Waals surface area contributed by atoms with Crippen LogP contribution in [0.3, 0.4) is 0 Å². The van der Waals surface area contributed by atoms with Crippen LogP contribution in [0.25, 0.3) is 22.8 Å². The van der Waals surface area contributed by atoms with Crippen LogP contribution < -0.4 is 0 Å². The van der Waals surface area contributed by atoms with Crippen LogP contribution in [-0.4, -0.2) is 0 Å². The molecule has 0 unspecified atom stereocenters. The van der Waals surface area contributed by atoms with Gasteiger partial charge in [0.1, 0.15) is 0 Å². The van der Waals surface area contributed by atoms with Crippen LogP contribution in [0.5, 0.6) is 0 Å². The first-order valence-electron chi connectivity index (χ1n) is 7.34. The molecule has 1 aliphatic rings. The first kappa shape index (κ1) is 12.2. The lowest BCUT2D eigenvalue weighted by Gasteiger charge is -2.05. The molecular weight excluding hydrogens is 252 g/mol. The molecule has 0 saturated heterocycles. The number of hydrogen-bond acceptors (Lipinski definition) is 0. The molecule has 4 rings (SSSR count). The molecule has 0 atom stereocenters. The normalized spacial score (nSPS) is 12.9. The van der Waals surface area contributed by atoms with E-state index in [0.29, 0.717) is 0 Å². The van der Waals surface area contributed by atoms with Gasteiger partial charge in [0.25, 0.3) is 0 Å². The number of fused-ring (bicyclic) bond motifs is 1. The number of rotatable bonds is 2. The summed E-state index contributed by atoms with van der Waals surface area (Å²) in [6.45, 7) is 0. The fraction of sp³-hybridized carbons (Fsp3) is 0.0476. The minimum Gasteiger partial charge on any atom is -0.0622 e. The molecule has 0 heterocycles. The van der Waals surface area contributed by atoms with Gasteiger partial charge in [0.05, 0.1) is 0 Å². The monoisotopic (exact) mass is 268 g/mol. The van der Waals surface area contributed by atoms with Crippen molar-refractivity contribution in [3.05, 3.63) is 95.6 Å². The summed E-state index contributed by atoms with van der Waals surface area (Å²) in [5.41, 5.74) is 8.11. The second-order valence-corrected chi connectivity index (χ2v) is 5.49. The Hall–Kier alpha value is -2.60. The third-order valence-corrected chi connectivity index (χ3v) is 4.11. The molecule has 100 valence electrons. The van der Waals surface area contributed by atoms with E-state index in [-0.39, 0.29) is 0 Å². The fourth-order valence-corrected chi connectivity index (χ4v) is 2.99. The van der Waals surface area contributed by atoms with Crippen LogP contribution in [0.4, 0.5) is 0 Å². The van der Waals surface area contributed by atoms with Gasteiger partial charge in [-0.05, 0) is 39.8 Å². The molecule has 0 bridgehead atoms. The SMILES string of the molecule is C1=C(c2ccccc2)Cc2cc(-c3ccccc3)ccc21. The van der Waals surface area contributed by atoms with E-state index in [1.807, 2.05) is 0 Å². The van der Waals surface area contributed by atoms with Gasteiger partial charge in [-0.1, -0.05) is 84.9 Å². The van der Waals surface area contributed by atoms with Crippen molar-refractivity contribution in [3.8, 4) is 11.1 Å². The first-order valence-corrected chi connectivity index (χ1v) is 7.34. The second kappa shape index (κ2) is 5.06. The summed E-state index contributed by atoms with van der Waals surface area (Å²) < 4.78 is 0. The summed E-state index contributed by atoms with van der Waals surface area (Å²) in [6.07, 6.45) is 3.35. The van der Waals surface area contributed by atoms with E-state index in [4.69, 9.17) is 0 Å². The maximum atomic E-state index is 2.33. The molecule has 0 spiro atoms. The van der Waals surface area contributed by atoms with Gasteiger partial charge >= 0.3 is 0 Å². The Kier molecular flexibility index (Phi) is 2.93. The predicted molar refractivity (Wildman–Crippen MR) is 89.9 cm³/mol.